The summed E-state index contributed by atoms with van der Waals surface area (Å²) in [5.74, 6) is 1.76. The molecule has 1 N–H and O–H groups in total. The van der Waals surface area contributed by atoms with Crippen molar-refractivity contribution in [2.24, 2.45) is 0 Å². The van der Waals surface area contributed by atoms with Crippen molar-refractivity contribution in [3.8, 4) is 5.75 Å². The number of aromatic nitrogens is 2. The fourth-order valence-electron chi connectivity index (χ4n) is 2.07. The molecule has 1 aromatic heterocycles. The first-order valence-electron chi connectivity index (χ1n) is 6.74. The first-order chi connectivity index (χ1) is 10.2. The number of H-pyrrole nitrogens is 1. The van der Waals surface area contributed by atoms with Gasteiger partial charge in [0.2, 0.25) is 0 Å². The SMILES string of the molecule is CCOc1ccc2nc(SCc3cccc(Br)c3)[nH]c2c1. The van der Waals surface area contributed by atoms with E-state index in [-0.39, 0.29) is 0 Å². The lowest BCUT2D eigenvalue weighted by Gasteiger charge is -2.00. The van der Waals surface area contributed by atoms with Gasteiger partial charge in [-0.3, -0.25) is 0 Å². The zero-order valence-electron chi connectivity index (χ0n) is 11.6. The van der Waals surface area contributed by atoms with Crippen molar-refractivity contribution >= 4 is 38.7 Å². The standard InChI is InChI=1S/C16H15BrN2OS/c1-2-20-13-6-7-14-15(9-13)19-16(18-14)21-10-11-4-3-5-12(17)8-11/h3-9H,2,10H2,1H3,(H,18,19). The average Bonchev–Trinajstić information content (AvgIpc) is 2.88. The second-order valence-electron chi connectivity index (χ2n) is 4.57. The van der Waals surface area contributed by atoms with Crippen LogP contribution in [0.3, 0.4) is 0 Å². The predicted molar refractivity (Wildman–Crippen MR) is 91.0 cm³/mol. The summed E-state index contributed by atoms with van der Waals surface area (Å²) < 4.78 is 6.61. The Hall–Kier alpha value is -1.46. The van der Waals surface area contributed by atoms with Crippen molar-refractivity contribution in [1.82, 2.24) is 9.97 Å². The smallest absolute Gasteiger partial charge is 0.166 e. The molecule has 0 aliphatic heterocycles. The Labute approximate surface area is 136 Å². The first kappa shape index (κ1) is 14.5. The Morgan fingerprint density at radius 3 is 2.95 bits per heavy atom. The Kier molecular flexibility index (Phi) is 4.51. The molecule has 3 rings (SSSR count). The summed E-state index contributed by atoms with van der Waals surface area (Å²) in [7, 11) is 0. The second kappa shape index (κ2) is 6.54. The molecule has 0 saturated heterocycles. The molecule has 5 heteroatoms. The lowest BCUT2D eigenvalue weighted by molar-refractivity contribution is 0.340. The van der Waals surface area contributed by atoms with Crippen LogP contribution in [0, 0.1) is 0 Å². The van der Waals surface area contributed by atoms with Crippen molar-refractivity contribution in [2.45, 2.75) is 17.8 Å². The molecule has 1 heterocycles. The largest absolute Gasteiger partial charge is 0.494 e. The van der Waals surface area contributed by atoms with Crippen LogP contribution in [-0.4, -0.2) is 16.6 Å². The minimum Gasteiger partial charge on any atom is -0.494 e. The molecule has 108 valence electrons. The van der Waals surface area contributed by atoms with Crippen LogP contribution in [0.15, 0.2) is 52.1 Å². The molecule has 0 spiro atoms. The fraction of sp³-hybridized carbons (Fsp3) is 0.188. The number of rotatable bonds is 5. The zero-order valence-corrected chi connectivity index (χ0v) is 14.0. The molecule has 2 aromatic carbocycles. The maximum Gasteiger partial charge on any atom is 0.166 e. The van der Waals surface area contributed by atoms with E-state index in [0.717, 1.165) is 32.2 Å². The minimum atomic E-state index is 0.671. The number of benzene rings is 2. The monoisotopic (exact) mass is 362 g/mol. The van der Waals surface area contributed by atoms with Crippen molar-refractivity contribution < 1.29 is 4.74 Å². The summed E-state index contributed by atoms with van der Waals surface area (Å²) in [6, 6.07) is 14.3. The number of nitrogens with one attached hydrogen (secondary N) is 1. The lowest BCUT2D eigenvalue weighted by atomic mass is 10.2. The van der Waals surface area contributed by atoms with Gasteiger partial charge in [0.1, 0.15) is 5.75 Å². The van der Waals surface area contributed by atoms with Gasteiger partial charge in [0.15, 0.2) is 5.16 Å². The van der Waals surface area contributed by atoms with E-state index in [2.05, 4.69) is 38.0 Å². The fourth-order valence-corrected chi connectivity index (χ4v) is 3.34. The highest BCUT2D eigenvalue weighted by molar-refractivity contribution is 9.10. The number of aromatic amines is 1. The van der Waals surface area contributed by atoms with Gasteiger partial charge in [-0.1, -0.05) is 39.8 Å². The van der Waals surface area contributed by atoms with E-state index in [9.17, 15) is 0 Å². The lowest BCUT2D eigenvalue weighted by Crippen LogP contribution is -1.90. The van der Waals surface area contributed by atoms with E-state index in [4.69, 9.17) is 4.74 Å². The van der Waals surface area contributed by atoms with Crippen LogP contribution >= 0.6 is 27.7 Å². The molecule has 0 aliphatic carbocycles. The Balaban J connectivity index is 1.75. The van der Waals surface area contributed by atoms with Crippen LogP contribution in [0.5, 0.6) is 5.75 Å². The first-order valence-corrected chi connectivity index (χ1v) is 8.52. The van der Waals surface area contributed by atoms with Gasteiger partial charge < -0.3 is 9.72 Å². The predicted octanol–water partition coefficient (Wildman–Crippen LogP) is 5.02. The summed E-state index contributed by atoms with van der Waals surface area (Å²) in [6.07, 6.45) is 0. The molecular formula is C16H15BrN2OS. The van der Waals surface area contributed by atoms with Crippen molar-refractivity contribution in [1.29, 1.82) is 0 Å². The molecule has 0 bridgehead atoms. The van der Waals surface area contributed by atoms with Crippen LogP contribution in [0.2, 0.25) is 0 Å². The quantitative estimate of drug-likeness (QED) is 0.647. The number of imidazole rings is 1. The van der Waals surface area contributed by atoms with Gasteiger partial charge in [-0.05, 0) is 36.8 Å². The van der Waals surface area contributed by atoms with Gasteiger partial charge in [-0.25, -0.2) is 4.98 Å². The maximum absolute atomic E-state index is 5.51. The van der Waals surface area contributed by atoms with Gasteiger partial charge in [-0.15, -0.1) is 0 Å². The molecule has 0 amide bonds. The molecule has 21 heavy (non-hydrogen) atoms. The molecule has 0 unspecified atom stereocenters. The maximum atomic E-state index is 5.51. The minimum absolute atomic E-state index is 0.671. The van der Waals surface area contributed by atoms with Gasteiger partial charge >= 0.3 is 0 Å². The van der Waals surface area contributed by atoms with Gasteiger partial charge in [0, 0.05) is 16.3 Å². The molecule has 0 fully saturated rings. The highest BCUT2D eigenvalue weighted by atomic mass is 79.9. The highest BCUT2D eigenvalue weighted by Gasteiger charge is 2.05. The van der Waals surface area contributed by atoms with E-state index in [1.54, 1.807) is 11.8 Å². The summed E-state index contributed by atoms with van der Waals surface area (Å²) in [4.78, 5) is 7.93. The summed E-state index contributed by atoms with van der Waals surface area (Å²) in [5.41, 5.74) is 3.25. The number of fused-ring (bicyclic) bond motifs is 1. The second-order valence-corrected chi connectivity index (χ2v) is 6.45. The van der Waals surface area contributed by atoms with Crippen LogP contribution in [0.4, 0.5) is 0 Å². The third-order valence-corrected chi connectivity index (χ3v) is 4.44. The van der Waals surface area contributed by atoms with Crippen molar-refractivity contribution in [3.05, 3.63) is 52.5 Å². The number of halogens is 1. The molecular weight excluding hydrogens is 348 g/mol. The third-order valence-electron chi connectivity index (χ3n) is 3.01. The molecule has 0 atom stereocenters. The van der Waals surface area contributed by atoms with Crippen LogP contribution in [0.1, 0.15) is 12.5 Å². The van der Waals surface area contributed by atoms with Gasteiger partial charge in [-0.2, -0.15) is 0 Å². The van der Waals surface area contributed by atoms with Gasteiger partial charge in [0.05, 0.1) is 17.6 Å². The highest BCUT2D eigenvalue weighted by Crippen LogP contribution is 2.26. The van der Waals surface area contributed by atoms with Crippen LogP contribution in [0.25, 0.3) is 11.0 Å². The zero-order chi connectivity index (χ0) is 14.7. The topological polar surface area (TPSA) is 37.9 Å². The molecule has 3 aromatic rings. The third kappa shape index (κ3) is 3.60. The molecule has 0 radical (unpaired) electrons. The summed E-state index contributed by atoms with van der Waals surface area (Å²) in [6.45, 7) is 2.65. The molecule has 3 nitrogen and oxygen atoms in total. The van der Waals surface area contributed by atoms with Crippen molar-refractivity contribution in [2.75, 3.05) is 6.61 Å². The van der Waals surface area contributed by atoms with Crippen molar-refractivity contribution in [3.63, 3.8) is 0 Å². The Morgan fingerprint density at radius 2 is 2.14 bits per heavy atom. The van der Waals surface area contributed by atoms with E-state index in [1.165, 1.54) is 5.56 Å². The van der Waals surface area contributed by atoms with E-state index >= 15 is 0 Å². The van der Waals surface area contributed by atoms with Crippen LogP contribution < -0.4 is 4.74 Å². The Bertz CT molecular complexity index is 757. The summed E-state index contributed by atoms with van der Waals surface area (Å²) >= 11 is 5.19. The normalized spacial score (nSPS) is 11.0. The van der Waals surface area contributed by atoms with E-state index in [1.807, 2.05) is 37.3 Å². The number of nitrogens with zero attached hydrogens (tertiary/aromatic N) is 1. The number of ether oxygens (including phenoxy) is 1. The number of hydrogen-bond acceptors (Lipinski definition) is 3. The summed E-state index contributed by atoms with van der Waals surface area (Å²) in [5, 5.41) is 0.929. The van der Waals surface area contributed by atoms with Gasteiger partial charge in [0.25, 0.3) is 0 Å². The van der Waals surface area contributed by atoms with E-state index < -0.39 is 0 Å². The number of hydrogen-bond donors (Lipinski definition) is 1. The van der Waals surface area contributed by atoms with Crippen LogP contribution in [-0.2, 0) is 5.75 Å². The Morgan fingerprint density at radius 1 is 1.24 bits per heavy atom. The molecule has 0 aliphatic rings. The number of thioether (sulfide) groups is 1. The molecule has 0 saturated carbocycles. The van der Waals surface area contributed by atoms with E-state index in [0.29, 0.717) is 6.61 Å². The average molecular weight is 363 g/mol.